The maximum absolute atomic E-state index is 13.0. The van der Waals surface area contributed by atoms with Crippen molar-refractivity contribution in [1.29, 1.82) is 0 Å². The van der Waals surface area contributed by atoms with E-state index in [0.717, 1.165) is 5.56 Å². The maximum atomic E-state index is 13.0. The van der Waals surface area contributed by atoms with Gasteiger partial charge in [-0.25, -0.2) is 4.39 Å². The van der Waals surface area contributed by atoms with Crippen LogP contribution in [0.1, 0.15) is 31.7 Å². The summed E-state index contributed by atoms with van der Waals surface area (Å²) in [5, 5.41) is 13.5. The van der Waals surface area contributed by atoms with Crippen LogP contribution in [-0.4, -0.2) is 46.4 Å². The number of hydrogen-bond donors (Lipinski definition) is 1. The number of oxime groups is 1. The normalized spacial score (nSPS) is 25.8. The second kappa shape index (κ2) is 5.68. The number of hydrogen-bond acceptors (Lipinski definition) is 4. The van der Waals surface area contributed by atoms with Crippen molar-refractivity contribution in [1.82, 2.24) is 4.90 Å². The summed E-state index contributed by atoms with van der Waals surface area (Å²) >= 11 is 0. The van der Waals surface area contributed by atoms with Crippen LogP contribution in [0, 0.1) is 5.82 Å². The number of halogens is 1. The molecule has 1 atom stereocenters. The highest BCUT2D eigenvalue weighted by Gasteiger charge is 2.45. The van der Waals surface area contributed by atoms with Gasteiger partial charge in [0.15, 0.2) is 0 Å². The largest absolute Gasteiger partial charge is 0.393 e. The lowest BCUT2D eigenvalue weighted by Gasteiger charge is -2.34. The predicted octanol–water partition coefficient (Wildman–Crippen LogP) is 1.69. The smallest absolute Gasteiger partial charge is 0.269 e. The fourth-order valence-electron chi connectivity index (χ4n) is 2.86. The Balaban J connectivity index is 1.68. The number of likely N-dealkylation sites (tertiary alicyclic amines) is 1. The van der Waals surface area contributed by atoms with Crippen LogP contribution in [0.5, 0.6) is 0 Å². The van der Waals surface area contributed by atoms with Crippen LogP contribution in [0.15, 0.2) is 29.4 Å². The summed E-state index contributed by atoms with van der Waals surface area (Å²) in [5.41, 5.74) is 0.381. The number of aliphatic hydroxyl groups is 1. The van der Waals surface area contributed by atoms with Crippen molar-refractivity contribution in [3.8, 4) is 0 Å². The molecule has 1 unspecified atom stereocenters. The molecule has 1 fully saturated rings. The first-order chi connectivity index (χ1) is 10.5. The Morgan fingerprint density at radius 3 is 2.64 bits per heavy atom. The highest BCUT2D eigenvalue weighted by Crippen LogP contribution is 2.29. The van der Waals surface area contributed by atoms with Crippen LogP contribution in [-0.2, 0) is 9.63 Å². The second-order valence-corrected chi connectivity index (χ2v) is 6.07. The fourth-order valence-corrected chi connectivity index (χ4v) is 2.86. The van der Waals surface area contributed by atoms with Crippen LogP contribution >= 0.6 is 0 Å². The van der Waals surface area contributed by atoms with Crippen molar-refractivity contribution in [3.05, 3.63) is 35.6 Å². The number of benzene rings is 1. The molecular weight excluding hydrogens is 287 g/mol. The van der Waals surface area contributed by atoms with Gasteiger partial charge in [-0.1, -0.05) is 17.3 Å². The molecule has 5 nitrogen and oxygen atoms in total. The van der Waals surface area contributed by atoms with E-state index in [1.54, 1.807) is 24.0 Å². The molecule has 0 saturated carbocycles. The van der Waals surface area contributed by atoms with Crippen LogP contribution in [0.4, 0.5) is 4.39 Å². The van der Waals surface area contributed by atoms with Crippen molar-refractivity contribution < 1.29 is 19.1 Å². The Morgan fingerprint density at radius 1 is 1.36 bits per heavy atom. The van der Waals surface area contributed by atoms with E-state index >= 15 is 0 Å². The van der Waals surface area contributed by atoms with Gasteiger partial charge in [0.1, 0.15) is 5.82 Å². The van der Waals surface area contributed by atoms with E-state index in [2.05, 4.69) is 5.16 Å². The zero-order chi connectivity index (χ0) is 15.7. The molecule has 1 aromatic carbocycles. The Morgan fingerprint density at radius 2 is 2.00 bits per heavy atom. The van der Waals surface area contributed by atoms with Gasteiger partial charge in [0, 0.05) is 19.5 Å². The molecule has 0 aliphatic carbocycles. The third-order valence-corrected chi connectivity index (χ3v) is 4.24. The molecule has 1 saturated heterocycles. The van der Waals surface area contributed by atoms with Crippen molar-refractivity contribution in [2.45, 2.75) is 37.9 Å². The number of carbonyl (C=O) groups is 1. The second-order valence-electron chi connectivity index (χ2n) is 6.07. The molecule has 0 bridgehead atoms. The van der Waals surface area contributed by atoms with Gasteiger partial charge in [0.2, 0.25) is 5.60 Å². The van der Waals surface area contributed by atoms with E-state index in [9.17, 15) is 14.3 Å². The monoisotopic (exact) mass is 306 g/mol. The number of carbonyl (C=O) groups excluding carboxylic acids is 1. The minimum absolute atomic E-state index is 0.111. The molecule has 118 valence electrons. The van der Waals surface area contributed by atoms with Gasteiger partial charge in [-0.15, -0.1) is 0 Å². The number of nitrogens with zero attached hydrogens (tertiary/aromatic N) is 2. The van der Waals surface area contributed by atoms with E-state index in [1.165, 1.54) is 12.1 Å². The Hall–Kier alpha value is -1.95. The first-order valence-corrected chi connectivity index (χ1v) is 7.46. The number of piperidine rings is 1. The van der Waals surface area contributed by atoms with Gasteiger partial charge in [0.25, 0.3) is 5.91 Å². The van der Waals surface area contributed by atoms with Gasteiger partial charge in [0.05, 0.1) is 11.8 Å². The molecule has 2 aliphatic heterocycles. The lowest BCUT2D eigenvalue weighted by Crippen LogP contribution is -2.50. The molecule has 1 N–H and O–H groups in total. The summed E-state index contributed by atoms with van der Waals surface area (Å²) in [6.45, 7) is 2.79. The van der Waals surface area contributed by atoms with Crippen molar-refractivity contribution >= 4 is 11.6 Å². The topological polar surface area (TPSA) is 62.1 Å². The summed E-state index contributed by atoms with van der Waals surface area (Å²) in [5.74, 6) is -0.422. The first-order valence-electron chi connectivity index (χ1n) is 7.46. The summed E-state index contributed by atoms with van der Waals surface area (Å²) in [4.78, 5) is 19.8. The van der Waals surface area contributed by atoms with Crippen LogP contribution in [0.25, 0.3) is 0 Å². The molecule has 1 amide bonds. The molecular formula is C16H19FN2O3. The van der Waals surface area contributed by atoms with Crippen molar-refractivity contribution in [2.24, 2.45) is 5.16 Å². The third kappa shape index (κ3) is 2.83. The zero-order valence-corrected chi connectivity index (χ0v) is 12.5. The molecule has 0 spiro atoms. The van der Waals surface area contributed by atoms with E-state index in [0.29, 0.717) is 38.1 Å². The van der Waals surface area contributed by atoms with E-state index in [4.69, 9.17) is 4.84 Å². The average Bonchev–Trinajstić information content (AvgIpc) is 2.92. The van der Waals surface area contributed by atoms with Gasteiger partial charge in [-0.3, -0.25) is 4.79 Å². The quantitative estimate of drug-likeness (QED) is 0.904. The summed E-state index contributed by atoms with van der Waals surface area (Å²) < 4.78 is 13.0. The van der Waals surface area contributed by atoms with Crippen molar-refractivity contribution in [2.75, 3.05) is 13.1 Å². The molecule has 1 aromatic rings. The minimum atomic E-state index is -1.02. The predicted molar refractivity (Wildman–Crippen MR) is 78.9 cm³/mol. The highest BCUT2D eigenvalue weighted by atomic mass is 19.1. The summed E-state index contributed by atoms with van der Waals surface area (Å²) in [6.07, 6.45) is 1.21. The third-order valence-electron chi connectivity index (χ3n) is 4.24. The van der Waals surface area contributed by atoms with Crippen LogP contribution in [0.2, 0.25) is 0 Å². The van der Waals surface area contributed by atoms with Gasteiger partial charge >= 0.3 is 0 Å². The summed E-state index contributed by atoms with van der Waals surface area (Å²) in [6, 6.07) is 5.98. The summed E-state index contributed by atoms with van der Waals surface area (Å²) in [7, 11) is 0. The minimum Gasteiger partial charge on any atom is -0.393 e. The molecule has 22 heavy (non-hydrogen) atoms. The number of amides is 1. The van der Waals surface area contributed by atoms with Crippen LogP contribution in [0.3, 0.4) is 0 Å². The molecule has 0 aromatic heterocycles. The Labute approximate surface area is 128 Å². The first kappa shape index (κ1) is 15.0. The Kier molecular flexibility index (Phi) is 3.87. The van der Waals surface area contributed by atoms with Gasteiger partial charge in [-0.05, 0) is 37.5 Å². The Bertz CT molecular complexity index is 594. The van der Waals surface area contributed by atoms with E-state index in [-0.39, 0.29) is 17.8 Å². The number of aliphatic hydroxyl groups excluding tert-OH is 1. The fraction of sp³-hybridized carbons (Fsp3) is 0.500. The number of rotatable bonds is 2. The molecule has 2 heterocycles. The van der Waals surface area contributed by atoms with Crippen molar-refractivity contribution in [3.63, 3.8) is 0 Å². The van der Waals surface area contributed by atoms with Crippen LogP contribution < -0.4 is 0 Å². The highest BCUT2D eigenvalue weighted by molar-refractivity contribution is 6.05. The standard InChI is InChI=1S/C16H19FN2O3/c1-16(15(21)19-8-6-13(20)7-9-19)10-14(18-22-16)11-2-4-12(17)5-3-11/h2-5,13,20H,6-10H2,1H3. The average molecular weight is 306 g/mol. The zero-order valence-electron chi connectivity index (χ0n) is 12.5. The molecule has 2 aliphatic rings. The molecule has 0 radical (unpaired) electrons. The molecule has 3 rings (SSSR count). The SMILES string of the molecule is CC1(C(=O)N2CCC(O)CC2)CC(c2ccc(F)cc2)=NO1. The van der Waals surface area contributed by atoms with Gasteiger partial charge in [-0.2, -0.15) is 0 Å². The lowest BCUT2D eigenvalue weighted by molar-refractivity contribution is -0.155. The lowest BCUT2D eigenvalue weighted by atomic mass is 9.93. The van der Waals surface area contributed by atoms with E-state index < -0.39 is 5.60 Å². The molecule has 6 heteroatoms. The maximum Gasteiger partial charge on any atom is 0.269 e. The van der Waals surface area contributed by atoms with Gasteiger partial charge < -0.3 is 14.8 Å². The van der Waals surface area contributed by atoms with E-state index in [1.807, 2.05) is 0 Å².